The van der Waals surface area contributed by atoms with E-state index in [4.69, 9.17) is 9.47 Å². The van der Waals surface area contributed by atoms with Crippen molar-refractivity contribution in [2.45, 2.75) is 83.7 Å². The Bertz CT molecular complexity index is 1190. The summed E-state index contributed by atoms with van der Waals surface area (Å²) in [6.45, 7) is 13.8. The Balaban J connectivity index is 1.85. The molecule has 5 atom stereocenters. The lowest BCUT2D eigenvalue weighted by atomic mass is 9.85. The number of carboxylic acid groups (broad SMARTS) is 1. The van der Waals surface area contributed by atoms with Crippen LogP contribution in [0.25, 0.3) is 0 Å². The lowest BCUT2D eigenvalue weighted by Crippen LogP contribution is -2.59. The quantitative estimate of drug-likeness (QED) is 0.345. The number of hydrogen-bond acceptors (Lipinski definition) is 7. The third kappa shape index (κ3) is 7.77. The van der Waals surface area contributed by atoms with Crippen LogP contribution in [0.15, 0.2) is 43.0 Å². The predicted molar refractivity (Wildman–Crippen MR) is 150 cm³/mol. The smallest absolute Gasteiger partial charge is 0.411 e. The van der Waals surface area contributed by atoms with Crippen LogP contribution in [0, 0.1) is 11.3 Å². The molecule has 1 aromatic carbocycles. The molecular formula is C29H40N4O8. The zero-order chi connectivity index (χ0) is 30.8. The predicted octanol–water partition coefficient (Wildman–Crippen LogP) is 3.29. The number of anilines is 1. The minimum absolute atomic E-state index is 0.0719. The molecule has 1 saturated heterocycles. The number of para-hydroxylation sites is 1. The number of carbonyl (C=O) groups is 5. The number of carbonyl (C=O) groups excluding carboxylic acids is 4. The normalized spacial score (nSPS) is 24.4. The van der Waals surface area contributed by atoms with Crippen LogP contribution in [0.1, 0.15) is 54.4 Å². The van der Waals surface area contributed by atoms with E-state index in [1.165, 1.54) is 11.0 Å². The number of hydrogen-bond donors (Lipinski definition) is 4. The first-order valence-corrected chi connectivity index (χ1v) is 13.5. The van der Waals surface area contributed by atoms with E-state index in [1.54, 1.807) is 71.9 Å². The summed E-state index contributed by atoms with van der Waals surface area (Å²) in [7, 11) is 0. The van der Waals surface area contributed by atoms with Crippen LogP contribution >= 0.6 is 0 Å². The molecule has 0 radical (unpaired) electrons. The van der Waals surface area contributed by atoms with Gasteiger partial charge in [-0.05, 0) is 44.7 Å². The number of rotatable bonds is 8. The van der Waals surface area contributed by atoms with Crippen LogP contribution in [-0.4, -0.2) is 75.8 Å². The molecule has 224 valence electrons. The fourth-order valence-electron chi connectivity index (χ4n) is 4.75. The van der Waals surface area contributed by atoms with Gasteiger partial charge in [0.05, 0.1) is 6.54 Å². The molecule has 41 heavy (non-hydrogen) atoms. The highest BCUT2D eigenvalue weighted by Gasteiger charge is 2.61. The average molecular weight is 573 g/mol. The number of nitrogens with zero attached hydrogens (tertiary/aromatic N) is 1. The average Bonchev–Trinajstić information content (AvgIpc) is 3.41. The van der Waals surface area contributed by atoms with Crippen LogP contribution in [0.3, 0.4) is 0 Å². The summed E-state index contributed by atoms with van der Waals surface area (Å²) in [6.07, 6.45) is -0.898. The topological polar surface area (TPSA) is 163 Å². The van der Waals surface area contributed by atoms with Crippen molar-refractivity contribution in [3.63, 3.8) is 0 Å². The van der Waals surface area contributed by atoms with Crippen molar-refractivity contribution in [3.05, 3.63) is 43.0 Å². The maximum Gasteiger partial charge on any atom is 0.411 e. The largest absolute Gasteiger partial charge is 0.479 e. The zero-order valence-corrected chi connectivity index (χ0v) is 24.4. The van der Waals surface area contributed by atoms with E-state index in [2.05, 4.69) is 22.5 Å². The van der Waals surface area contributed by atoms with Gasteiger partial charge in [0.1, 0.15) is 29.3 Å². The highest BCUT2D eigenvalue weighted by molar-refractivity contribution is 5.96. The highest BCUT2D eigenvalue weighted by atomic mass is 16.6. The maximum atomic E-state index is 14.0. The molecule has 2 aliphatic rings. The van der Waals surface area contributed by atoms with Crippen molar-refractivity contribution in [2.75, 3.05) is 11.9 Å². The van der Waals surface area contributed by atoms with E-state index < -0.39 is 70.6 Å². The molecule has 4 N–H and O–H groups in total. The number of nitrogens with one attached hydrogen (secondary N) is 3. The molecule has 3 rings (SSSR count). The Morgan fingerprint density at radius 2 is 1.71 bits per heavy atom. The standard InChI is InChI=1S/C29H40N4O8/c1-8-17-15-29(17,24(36)37)32-22(34)20-14-19(40-25(38)30-18-12-10-9-11-13-18)16-33(20)23(35)21(27(2,3)4)31-26(39)41-28(5,6)7/h8-13,17,19-21H,1,14-16H2,2-7H3,(H,30,38)(H,31,39)(H,32,34)(H,36,37). The van der Waals surface area contributed by atoms with Gasteiger partial charge in [-0.3, -0.25) is 14.9 Å². The maximum absolute atomic E-state index is 14.0. The van der Waals surface area contributed by atoms with Gasteiger partial charge in [-0.1, -0.05) is 45.0 Å². The Hall–Kier alpha value is -4.09. The molecule has 12 nitrogen and oxygen atoms in total. The van der Waals surface area contributed by atoms with E-state index in [9.17, 15) is 29.1 Å². The van der Waals surface area contributed by atoms with Crippen molar-refractivity contribution >= 4 is 35.7 Å². The third-order valence-electron chi connectivity index (χ3n) is 6.94. The molecule has 0 spiro atoms. The molecule has 1 aliphatic carbocycles. The van der Waals surface area contributed by atoms with Crippen LogP contribution in [0.4, 0.5) is 15.3 Å². The Labute approximate surface area is 239 Å². The second kappa shape index (κ2) is 11.8. The van der Waals surface area contributed by atoms with Crippen molar-refractivity contribution in [1.29, 1.82) is 0 Å². The molecule has 1 heterocycles. The second-order valence-corrected chi connectivity index (χ2v) is 12.5. The first-order valence-electron chi connectivity index (χ1n) is 13.5. The lowest BCUT2D eigenvalue weighted by molar-refractivity contribution is -0.146. The Morgan fingerprint density at radius 3 is 2.22 bits per heavy atom. The van der Waals surface area contributed by atoms with Gasteiger partial charge < -0.3 is 30.1 Å². The summed E-state index contributed by atoms with van der Waals surface area (Å²) in [5.41, 5.74) is -2.63. The molecule has 2 fully saturated rings. The van der Waals surface area contributed by atoms with Gasteiger partial charge in [0, 0.05) is 18.0 Å². The van der Waals surface area contributed by atoms with Crippen LogP contribution in [0.5, 0.6) is 0 Å². The number of carboxylic acids is 1. The van der Waals surface area contributed by atoms with Gasteiger partial charge >= 0.3 is 18.2 Å². The minimum Gasteiger partial charge on any atom is -0.479 e. The summed E-state index contributed by atoms with van der Waals surface area (Å²) in [5, 5.41) is 17.6. The number of aliphatic carboxylic acids is 1. The van der Waals surface area contributed by atoms with Gasteiger partial charge in [-0.15, -0.1) is 6.58 Å². The molecule has 1 aromatic rings. The van der Waals surface area contributed by atoms with Crippen LogP contribution in [0.2, 0.25) is 0 Å². The van der Waals surface area contributed by atoms with Crippen LogP contribution in [-0.2, 0) is 23.9 Å². The monoisotopic (exact) mass is 572 g/mol. The molecule has 0 aromatic heterocycles. The first-order chi connectivity index (χ1) is 19.0. The molecular weight excluding hydrogens is 532 g/mol. The lowest BCUT2D eigenvalue weighted by Gasteiger charge is -2.35. The SMILES string of the molecule is C=CC1CC1(NC(=O)C1CC(OC(=O)Nc2ccccc2)CN1C(=O)C(NC(=O)OC(C)(C)C)C(C)(C)C)C(=O)O. The van der Waals surface area contributed by atoms with E-state index in [0.717, 1.165) is 0 Å². The highest BCUT2D eigenvalue weighted by Crippen LogP contribution is 2.45. The Kier molecular flexibility index (Phi) is 9.04. The molecule has 0 bridgehead atoms. The van der Waals surface area contributed by atoms with Crippen molar-refractivity contribution < 1.29 is 38.6 Å². The summed E-state index contributed by atoms with van der Waals surface area (Å²) in [5.74, 6) is -2.97. The molecule has 5 unspecified atom stereocenters. The fourth-order valence-corrected chi connectivity index (χ4v) is 4.75. The Morgan fingerprint density at radius 1 is 1.07 bits per heavy atom. The minimum atomic E-state index is -1.52. The van der Waals surface area contributed by atoms with Crippen LogP contribution < -0.4 is 16.0 Å². The molecule has 4 amide bonds. The van der Waals surface area contributed by atoms with E-state index in [1.807, 2.05) is 0 Å². The number of amides is 4. The first kappa shape index (κ1) is 31.4. The summed E-state index contributed by atoms with van der Waals surface area (Å²) < 4.78 is 10.9. The van der Waals surface area contributed by atoms with Gasteiger partial charge in [-0.25, -0.2) is 14.4 Å². The van der Waals surface area contributed by atoms with E-state index in [0.29, 0.717) is 5.69 Å². The number of likely N-dealkylation sites (tertiary alicyclic amines) is 1. The molecule has 1 aliphatic heterocycles. The van der Waals surface area contributed by atoms with E-state index >= 15 is 0 Å². The summed E-state index contributed by atoms with van der Waals surface area (Å²) >= 11 is 0. The van der Waals surface area contributed by atoms with Gasteiger partial charge in [0.25, 0.3) is 0 Å². The van der Waals surface area contributed by atoms with Crippen molar-refractivity contribution in [3.8, 4) is 0 Å². The van der Waals surface area contributed by atoms with Crippen molar-refractivity contribution in [2.24, 2.45) is 11.3 Å². The number of alkyl carbamates (subject to hydrolysis) is 1. The van der Waals surface area contributed by atoms with E-state index in [-0.39, 0.29) is 19.4 Å². The second-order valence-electron chi connectivity index (χ2n) is 12.5. The van der Waals surface area contributed by atoms with Gasteiger partial charge in [0.15, 0.2) is 0 Å². The molecule has 12 heteroatoms. The molecule has 1 saturated carbocycles. The number of benzene rings is 1. The van der Waals surface area contributed by atoms with Gasteiger partial charge in [0.2, 0.25) is 11.8 Å². The zero-order valence-electron chi connectivity index (χ0n) is 24.4. The van der Waals surface area contributed by atoms with Gasteiger partial charge in [-0.2, -0.15) is 0 Å². The summed E-state index contributed by atoms with van der Waals surface area (Å²) in [6, 6.07) is 6.35. The summed E-state index contributed by atoms with van der Waals surface area (Å²) in [4.78, 5) is 65.9. The van der Waals surface area contributed by atoms with Crippen molar-refractivity contribution in [1.82, 2.24) is 15.5 Å². The number of ether oxygens (including phenoxy) is 2. The third-order valence-corrected chi connectivity index (χ3v) is 6.94. The fraction of sp³-hybridized carbons (Fsp3) is 0.552.